The SMILES string of the molecule is O=C(NNC(=O)C(F)F)c1cnc(NC2(c3ccc(Br)cc3)CCC2)nc1. The summed E-state index contributed by atoms with van der Waals surface area (Å²) in [6.07, 6.45) is 2.23. The summed E-state index contributed by atoms with van der Waals surface area (Å²) < 4.78 is 25.2. The molecule has 2 amide bonds. The van der Waals surface area contributed by atoms with Crippen molar-refractivity contribution >= 4 is 33.7 Å². The van der Waals surface area contributed by atoms with Gasteiger partial charge in [0.1, 0.15) is 0 Å². The van der Waals surface area contributed by atoms with Gasteiger partial charge in [0.05, 0.1) is 11.1 Å². The Hall–Kier alpha value is -2.62. The second kappa shape index (κ2) is 7.95. The van der Waals surface area contributed by atoms with Crippen LogP contribution in [0.4, 0.5) is 14.7 Å². The van der Waals surface area contributed by atoms with E-state index in [0.29, 0.717) is 5.95 Å². The minimum absolute atomic E-state index is 0.0291. The number of anilines is 1. The van der Waals surface area contributed by atoms with E-state index in [4.69, 9.17) is 0 Å². The first-order valence-electron chi connectivity index (χ1n) is 8.14. The number of amides is 2. The minimum Gasteiger partial charge on any atom is -0.345 e. The lowest BCUT2D eigenvalue weighted by Gasteiger charge is -2.43. The first-order chi connectivity index (χ1) is 12.9. The number of nitrogens with zero attached hydrogens (tertiary/aromatic N) is 2. The number of aromatic nitrogens is 2. The quantitative estimate of drug-likeness (QED) is 0.622. The first kappa shape index (κ1) is 19.2. The molecule has 0 aliphatic heterocycles. The Balaban J connectivity index is 1.65. The Bertz CT molecular complexity index is 826. The Morgan fingerprint density at radius 1 is 1.07 bits per heavy atom. The maximum Gasteiger partial charge on any atom is 0.317 e. The van der Waals surface area contributed by atoms with Crippen LogP contribution in [0.25, 0.3) is 0 Å². The third-order valence-electron chi connectivity index (χ3n) is 4.37. The third-order valence-corrected chi connectivity index (χ3v) is 4.90. The highest BCUT2D eigenvalue weighted by molar-refractivity contribution is 9.10. The molecule has 0 spiro atoms. The molecule has 1 saturated carbocycles. The van der Waals surface area contributed by atoms with Crippen molar-refractivity contribution in [2.75, 3.05) is 5.32 Å². The summed E-state index contributed by atoms with van der Waals surface area (Å²) in [6.45, 7) is 0. The molecular weight excluding hydrogens is 424 g/mol. The number of benzene rings is 1. The van der Waals surface area contributed by atoms with Crippen molar-refractivity contribution in [3.05, 3.63) is 52.3 Å². The molecule has 1 aromatic carbocycles. The van der Waals surface area contributed by atoms with Gasteiger partial charge in [0.25, 0.3) is 5.91 Å². The van der Waals surface area contributed by atoms with Gasteiger partial charge in [-0.25, -0.2) is 9.97 Å². The molecule has 1 fully saturated rings. The average molecular weight is 440 g/mol. The number of halogens is 3. The number of rotatable bonds is 5. The third kappa shape index (κ3) is 4.38. The fraction of sp³-hybridized carbons (Fsp3) is 0.294. The molecule has 1 aliphatic carbocycles. The van der Waals surface area contributed by atoms with Crippen molar-refractivity contribution in [2.24, 2.45) is 0 Å². The van der Waals surface area contributed by atoms with Gasteiger partial charge in [-0.2, -0.15) is 8.78 Å². The van der Waals surface area contributed by atoms with Gasteiger partial charge in [0.15, 0.2) is 0 Å². The lowest BCUT2D eigenvalue weighted by Crippen LogP contribution is -2.44. The summed E-state index contributed by atoms with van der Waals surface area (Å²) in [7, 11) is 0. The monoisotopic (exact) mass is 439 g/mol. The molecule has 10 heteroatoms. The molecule has 1 aromatic heterocycles. The van der Waals surface area contributed by atoms with Crippen LogP contribution in [0, 0.1) is 0 Å². The van der Waals surface area contributed by atoms with Crippen LogP contribution in [0.5, 0.6) is 0 Å². The van der Waals surface area contributed by atoms with E-state index in [1.165, 1.54) is 12.4 Å². The zero-order valence-corrected chi connectivity index (χ0v) is 15.6. The normalized spacial score (nSPS) is 15.0. The van der Waals surface area contributed by atoms with Crippen LogP contribution in [0.2, 0.25) is 0 Å². The van der Waals surface area contributed by atoms with Gasteiger partial charge in [-0.3, -0.25) is 20.4 Å². The highest BCUT2D eigenvalue weighted by Gasteiger charge is 2.39. The summed E-state index contributed by atoms with van der Waals surface area (Å²) in [6, 6.07) is 8.01. The Morgan fingerprint density at radius 2 is 1.70 bits per heavy atom. The molecule has 142 valence electrons. The molecule has 0 radical (unpaired) electrons. The summed E-state index contributed by atoms with van der Waals surface area (Å²) >= 11 is 3.42. The highest BCUT2D eigenvalue weighted by Crippen LogP contribution is 2.43. The van der Waals surface area contributed by atoms with Crippen LogP contribution in [-0.4, -0.2) is 28.2 Å². The predicted molar refractivity (Wildman–Crippen MR) is 96.9 cm³/mol. The fourth-order valence-electron chi connectivity index (χ4n) is 2.75. The molecule has 0 atom stereocenters. The Kier molecular flexibility index (Phi) is 5.64. The number of nitrogens with one attached hydrogen (secondary N) is 3. The summed E-state index contributed by atoms with van der Waals surface area (Å²) in [5.74, 6) is -2.03. The first-order valence-corrected chi connectivity index (χ1v) is 8.93. The minimum atomic E-state index is -3.22. The average Bonchev–Trinajstić information content (AvgIpc) is 2.63. The van der Waals surface area contributed by atoms with Gasteiger partial charge in [-0.05, 0) is 37.0 Å². The second-order valence-corrected chi connectivity index (χ2v) is 7.02. The lowest BCUT2D eigenvalue weighted by molar-refractivity contribution is -0.132. The molecule has 7 nitrogen and oxygen atoms in total. The smallest absolute Gasteiger partial charge is 0.317 e. The van der Waals surface area contributed by atoms with Gasteiger partial charge >= 0.3 is 12.3 Å². The number of hydrogen-bond acceptors (Lipinski definition) is 5. The second-order valence-electron chi connectivity index (χ2n) is 6.11. The van der Waals surface area contributed by atoms with Crippen molar-refractivity contribution in [1.82, 2.24) is 20.8 Å². The molecule has 27 heavy (non-hydrogen) atoms. The van der Waals surface area contributed by atoms with E-state index in [1.807, 2.05) is 29.7 Å². The number of hydrogen-bond donors (Lipinski definition) is 3. The van der Waals surface area contributed by atoms with Crippen LogP contribution in [-0.2, 0) is 10.3 Å². The van der Waals surface area contributed by atoms with E-state index in [0.717, 1.165) is 29.3 Å². The van der Waals surface area contributed by atoms with E-state index < -0.39 is 18.2 Å². The zero-order chi connectivity index (χ0) is 19.4. The van der Waals surface area contributed by atoms with E-state index >= 15 is 0 Å². The maximum atomic E-state index is 12.1. The van der Waals surface area contributed by atoms with Crippen LogP contribution >= 0.6 is 15.9 Å². The summed E-state index contributed by atoms with van der Waals surface area (Å²) in [4.78, 5) is 30.8. The number of carbonyl (C=O) groups is 2. The molecule has 0 saturated heterocycles. The Labute approximate surface area is 162 Å². The molecule has 0 unspecified atom stereocenters. The molecule has 3 N–H and O–H groups in total. The van der Waals surface area contributed by atoms with Crippen molar-refractivity contribution in [2.45, 2.75) is 31.2 Å². The Morgan fingerprint density at radius 3 is 2.22 bits per heavy atom. The molecule has 3 rings (SSSR count). The molecule has 0 bridgehead atoms. The van der Waals surface area contributed by atoms with Gasteiger partial charge in [-0.1, -0.05) is 28.1 Å². The summed E-state index contributed by atoms with van der Waals surface area (Å²) in [5.41, 5.74) is 4.39. The zero-order valence-electron chi connectivity index (χ0n) is 14.0. The van der Waals surface area contributed by atoms with Gasteiger partial charge in [0, 0.05) is 16.9 Å². The van der Waals surface area contributed by atoms with E-state index in [1.54, 1.807) is 5.43 Å². The van der Waals surface area contributed by atoms with Crippen LogP contribution in [0.15, 0.2) is 41.1 Å². The molecule has 1 aliphatic rings. The largest absolute Gasteiger partial charge is 0.345 e. The van der Waals surface area contributed by atoms with Gasteiger partial charge < -0.3 is 5.32 Å². The van der Waals surface area contributed by atoms with E-state index in [2.05, 4.69) is 31.2 Å². The van der Waals surface area contributed by atoms with Gasteiger partial charge in [0.2, 0.25) is 5.95 Å². The lowest BCUT2D eigenvalue weighted by atomic mass is 9.72. The molecule has 2 aromatic rings. The van der Waals surface area contributed by atoms with Crippen LogP contribution in [0.3, 0.4) is 0 Å². The summed E-state index contributed by atoms with van der Waals surface area (Å²) in [5, 5.41) is 3.32. The highest BCUT2D eigenvalue weighted by atomic mass is 79.9. The standard InChI is InChI=1S/C17H16BrF2N5O2/c18-12-4-2-11(3-5-12)17(6-1-7-17)23-16-21-8-10(9-22-16)14(26)24-25-15(27)13(19)20/h2-5,8-9,13H,1,6-7H2,(H,24,26)(H,25,27)(H,21,22,23). The molecule has 1 heterocycles. The maximum absolute atomic E-state index is 12.1. The fourth-order valence-corrected chi connectivity index (χ4v) is 3.02. The van der Waals surface area contributed by atoms with Crippen molar-refractivity contribution < 1.29 is 18.4 Å². The number of carbonyl (C=O) groups excluding carboxylic acids is 2. The number of alkyl halides is 2. The van der Waals surface area contributed by atoms with Crippen molar-refractivity contribution in [1.29, 1.82) is 0 Å². The topological polar surface area (TPSA) is 96.0 Å². The molecular formula is C17H16BrF2N5O2. The van der Waals surface area contributed by atoms with E-state index in [-0.39, 0.29) is 11.1 Å². The van der Waals surface area contributed by atoms with Crippen LogP contribution in [0.1, 0.15) is 35.2 Å². The van der Waals surface area contributed by atoms with E-state index in [9.17, 15) is 18.4 Å². The number of hydrazine groups is 1. The van der Waals surface area contributed by atoms with Gasteiger partial charge in [-0.15, -0.1) is 0 Å². The van der Waals surface area contributed by atoms with Crippen molar-refractivity contribution in [3.8, 4) is 0 Å². The van der Waals surface area contributed by atoms with Crippen LogP contribution < -0.4 is 16.2 Å². The van der Waals surface area contributed by atoms with Crippen molar-refractivity contribution in [3.63, 3.8) is 0 Å². The predicted octanol–water partition coefficient (Wildman–Crippen LogP) is 2.76.